The van der Waals surface area contributed by atoms with Crippen LogP contribution in [0.3, 0.4) is 0 Å². The molecule has 0 bridgehead atoms. The lowest BCUT2D eigenvalue weighted by molar-refractivity contribution is 0.411. The molecule has 0 aliphatic carbocycles. The lowest BCUT2D eigenvalue weighted by Gasteiger charge is -2.12. The van der Waals surface area contributed by atoms with E-state index in [1.165, 1.54) is 31.4 Å². The summed E-state index contributed by atoms with van der Waals surface area (Å²) in [5.74, 6) is 0.364. The Morgan fingerprint density at radius 1 is 1.07 bits per heavy atom. The molecule has 28 heavy (non-hydrogen) atoms. The Morgan fingerprint density at radius 2 is 1.68 bits per heavy atom. The smallest absolute Gasteiger partial charge is 0.253 e. The first-order chi connectivity index (χ1) is 13.4. The zero-order chi connectivity index (χ0) is 20.5. The summed E-state index contributed by atoms with van der Waals surface area (Å²) in [6, 6.07) is 13.9. The zero-order valence-corrected chi connectivity index (χ0v) is 15.0. The summed E-state index contributed by atoms with van der Waals surface area (Å²) in [4.78, 5) is 12.8. The van der Waals surface area contributed by atoms with Gasteiger partial charge in [0.1, 0.15) is 46.4 Å². The summed E-state index contributed by atoms with van der Waals surface area (Å²) in [6.45, 7) is 1.60. The topological polar surface area (TPSA) is 131 Å². The highest BCUT2D eigenvalue weighted by Gasteiger charge is 2.32. The molecule has 1 aromatic heterocycles. The molecule has 2 aromatic carbocycles. The Bertz CT molecular complexity index is 1230. The maximum Gasteiger partial charge on any atom is 0.253 e. The number of methoxy groups -OCH3 is 1. The minimum absolute atomic E-state index is 0.112. The van der Waals surface area contributed by atoms with Crippen molar-refractivity contribution in [1.29, 1.82) is 15.8 Å². The number of hydrogen-bond donors (Lipinski definition) is 1. The van der Waals surface area contributed by atoms with E-state index >= 15 is 0 Å². The third kappa shape index (κ3) is 2.70. The van der Waals surface area contributed by atoms with Gasteiger partial charge in [0.15, 0.2) is 5.43 Å². The van der Waals surface area contributed by atoms with Crippen LogP contribution in [0.25, 0.3) is 22.3 Å². The van der Waals surface area contributed by atoms with Crippen LogP contribution in [-0.2, 0) is 5.41 Å². The van der Waals surface area contributed by atoms with Gasteiger partial charge in [0.2, 0.25) is 0 Å². The van der Waals surface area contributed by atoms with Crippen LogP contribution in [0.15, 0.2) is 45.6 Å². The van der Waals surface area contributed by atoms with Gasteiger partial charge in [0, 0.05) is 28.8 Å². The third-order valence-corrected chi connectivity index (χ3v) is 4.47. The van der Waals surface area contributed by atoms with Crippen LogP contribution in [0.5, 0.6) is 11.5 Å². The Labute approximate surface area is 159 Å². The number of nitrogens with zero attached hydrogens (tertiary/aromatic N) is 3. The maximum absolute atomic E-state index is 12.8. The SMILES string of the molecule is COc1cc(O)cc2oc(-c3ccc(C(C#N)(C#N)C#N)cc3)c(C)c(=O)c12. The van der Waals surface area contributed by atoms with Crippen molar-refractivity contribution in [3.63, 3.8) is 0 Å². The standard InChI is InChI=1S/C21H13N3O4/c1-12-19(26)18-16(27-2)7-15(25)8-17(18)28-20(12)13-3-5-14(6-4-13)21(9-22,10-23)11-24/h3-8,25H,1-2H3. The van der Waals surface area contributed by atoms with Crippen LogP contribution in [0.2, 0.25) is 0 Å². The highest BCUT2D eigenvalue weighted by molar-refractivity contribution is 5.87. The Balaban J connectivity index is 2.22. The summed E-state index contributed by atoms with van der Waals surface area (Å²) in [6.07, 6.45) is 0. The molecule has 0 fully saturated rings. The summed E-state index contributed by atoms with van der Waals surface area (Å²) in [7, 11) is 1.39. The zero-order valence-electron chi connectivity index (χ0n) is 15.0. The predicted molar refractivity (Wildman–Crippen MR) is 99.4 cm³/mol. The van der Waals surface area contributed by atoms with Gasteiger partial charge >= 0.3 is 0 Å². The normalized spacial score (nSPS) is 10.7. The van der Waals surface area contributed by atoms with Gasteiger partial charge in [-0.25, -0.2) is 0 Å². The van der Waals surface area contributed by atoms with Crippen LogP contribution in [0.1, 0.15) is 11.1 Å². The second-order valence-corrected chi connectivity index (χ2v) is 6.07. The second-order valence-electron chi connectivity index (χ2n) is 6.07. The second kappa shape index (κ2) is 6.79. The van der Waals surface area contributed by atoms with Gasteiger partial charge in [-0.1, -0.05) is 24.3 Å². The van der Waals surface area contributed by atoms with E-state index in [-0.39, 0.29) is 39.2 Å². The van der Waals surface area contributed by atoms with Crippen molar-refractivity contribution >= 4 is 11.0 Å². The van der Waals surface area contributed by atoms with Crippen molar-refractivity contribution in [2.45, 2.75) is 12.3 Å². The number of hydrogen-bond acceptors (Lipinski definition) is 7. The molecule has 1 heterocycles. The average Bonchev–Trinajstić information content (AvgIpc) is 2.72. The number of nitriles is 3. The average molecular weight is 371 g/mol. The van der Waals surface area contributed by atoms with Gasteiger partial charge in [-0.3, -0.25) is 4.79 Å². The third-order valence-electron chi connectivity index (χ3n) is 4.47. The van der Waals surface area contributed by atoms with Gasteiger partial charge in [-0.2, -0.15) is 15.8 Å². The van der Waals surface area contributed by atoms with Gasteiger partial charge in [0.25, 0.3) is 5.41 Å². The molecule has 7 nitrogen and oxygen atoms in total. The Hall–Kier alpha value is -4.28. The first-order valence-corrected chi connectivity index (χ1v) is 8.10. The van der Waals surface area contributed by atoms with Crippen LogP contribution in [0.4, 0.5) is 0 Å². The number of fused-ring (bicyclic) bond motifs is 1. The van der Waals surface area contributed by atoms with Gasteiger partial charge in [-0.15, -0.1) is 0 Å². The number of ether oxygens (including phenoxy) is 1. The molecule has 1 N–H and O–H groups in total. The molecule has 0 atom stereocenters. The van der Waals surface area contributed by atoms with Crippen LogP contribution in [0, 0.1) is 40.9 Å². The molecule has 3 aromatic rings. The highest BCUT2D eigenvalue weighted by atomic mass is 16.5. The number of phenols is 1. The van der Waals surface area contributed by atoms with Crippen molar-refractivity contribution < 1.29 is 14.3 Å². The summed E-state index contributed by atoms with van der Waals surface area (Å²) >= 11 is 0. The summed E-state index contributed by atoms with van der Waals surface area (Å²) < 4.78 is 11.0. The molecule has 0 saturated heterocycles. The largest absolute Gasteiger partial charge is 0.508 e. The molecule has 0 saturated carbocycles. The predicted octanol–water partition coefficient (Wildman–Crippen LogP) is 3.29. The van der Waals surface area contributed by atoms with E-state index in [2.05, 4.69) is 0 Å². The molecule has 7 heteroatoms. The number of aromatic hydroxyl groups is 1. The van der Waals surface area contributed by atoms with Gasteiger partial charge < -0.3 is 14.3 Å². The van der Waals surface area contributed by atoms with Crippen LogP contribution < -0.4 is 10.2 Å². The van der Waals surface area contributed by atoms with Gasteiger partial charge in [-0.05, 0) is 6.92 Å². The number of rotatable bonds is 3. The summed E-state index contributed by atoms with van der Waals surface area (Å²) in [5.41, 5.74) is -0.980. The van der Waals surface area contributed by atoms with Crippen LogP contribution in [-0.4, -0.2) is 12.2 Å². The summed E-state index contributed by atoms with van der Waals surface area (Å²) in [5, 5.41) is 37.7. The minimum Gasteiger partial charge on any atom is -0.508 e. The van der Waals surface area contributed by atoms with Crippen molar-refractivity contribution in [3.05, 3.63) is 57.7 Å². The van der Waals surface area contributed by atoms with E-state index in [9.17, 15) is 25.7 Å². The van der Waals surface area contributed by atoms with Crippen LogP contribution >= 0.6 is 0 Å². The Morgan fingerprint density at radius 3 is 2.21 bits per heavy atom. The van der Waals surface area contributed by atoms with E-state index in [0.29, 0.717) is 11.1 Å². The fourth-order valence-electron chi connectivity index (χ4n) is 2.93. The highest BCUT2D eigenvalue weighted by Crippen LogP contribution is 2.33. The molecule has 0 aliphatic heterocycles. The van der Waals surface area contributed by atoms with E-state index in [4.69, 9.17) is 9.15 Å². The van der Waals surface area contributed by atoms with Gasteiger partial charge in [0.05, 0.1) is 7.11 Å². The lowest BCUT2D eigenvalue weighted by atomic mass is 9.84. The van der Waals surface area contributed by atoms with Crippen molar-refractivity contribution in [2.75, 3.05) is 7.11 Å². The minimum atomic E-state index is -1.91. The van der Waals surface area contributed by atoms with E-state index in [1.807, 2.05) is 0 Å². The molecule has 136 valence electrons. The quantitative estimate of drug-likeness (QED) is 0.747. The first-order valence-electron chi connectivity index (χ1n) is 8.10. The molecule has 0 aliphatic rings. The molecular formula is C21H13N3O4. The molecule has 0 spiro atoms. The van der Waals surface area contributed by atoms with E-state index in [1.54, 1.807) is 37.3 Å². The molecule has 3 rings (SSSR count). The molecule has 0 unspecified atom stereocenters. The first kappa shape index (κ1) is 18.5. The number of benzene rings is 2. The number of phenolic OH excluding ortho intramolecular Hbond substituents is 1. The maximum atomic E-state index is 12.8. The van der Waals surface area contributed by atoms with Crippen molar-refractivity contribution in [2.24, 2.45) is 0 Å². The van der Waals surface area contributed by atoms with Crippen molar-refractivity contribution in [1.82, 2.24) is 0 Å². The van der Waals surface area contributed by atoms with E-state index in [0.717, 1.165) is 0 Å². The fraction of sp³-hybridized carbons (Fsp3) is 0.143. The fourth-order valence-corrected chi connectivity index (χ4v) is 2.93. The lowest BCUT2D eigenvalue weighted by Crippen LogP contribution is -2.18. The Kier molecular flexibility index (Phi) is 4.49. The van der Waals surface area contributed by atoms with E-state index < -0.39 is 5.41 Å². The monoisotopic (exact) mass is 371 g/mol. The molecule has 0 radical (unpaired) electrons. The molecular weight excluding hydrogens is 358 g/mol. The molecule has 0 amide bonds. The van der Waals surface area contributed by atoms with Crippen molar-refractivity contribution in [3.8, 4) is 41.0 Å².